The summed E-state index contributed by atoms with van der Waals surface area (Å²) in [6.45, 7) is 0. The molecule has 6 heteroatoms. The van der Waals surface area contributed by atoms with Crippen LogP contribution in [0.25, 0.3) is 0 Å². The van der Waals surface area contributed by atoms with Crippen LogP contribution in [0.3, 0.4) is 0 Å². The summed E-state index contributed by atoms with van der Waals surface area (Å²) < 4.78 is 0.823. The van der Waals surface area contributed by atoms with E-state index in [9.17, 15) is 14.7 Å². The molecule has 21 heavy (non-hydrogen) atoms. The maximum atomic E-state index is 12.3. The van der Waals surface area contributed by atoms with Crippen LogP contribution in [0, 0.1) is 3.57 Å². The maximum Gasteiger partial charge on any atom is 0.337 e. The summed E-state index contributed by atoms with van der Waals surface area (Å²) in [5.41, 5.74) is 0.461. The van der Waals surface area contributed by atoms with Crippen molar-refractivity contribution in [2.24, 2.45) is 0 Å². The number of hydrogen-bond acceptors (Lipinski definition) is 2. The molecule has 5 nitrogen and oxygen atoms in total. The molecule has 0 unspecified atom stereocenters. The molecule has 0 atom stereocenters. The third-order valence-electron chi connectivity index (χ3n) is 3.90. The van der Waals surface area contributed by atoms with E-state index in [4.69, 9.17) is 0 Å². The highest BCUT2D eigenvalue weighted by Crippen LogP contribution is 2.23. The monoisotopic (exact) mass is 402 g/mol. The number of carboxylic acids is 1. The van der Waals surface area contributed by atoms with E-state index in [-0.39, 0.29) is 17.6 Å². The standard InChI is InChI=1S/C15H19IN2O3/c1-18(11-5-3-2-4-6-11)15(21)17-13-8-7-10(16)9-12(13)14(19)20/h7-9,11H,2-6H2,1H3,(H,17,21)(H,19,20). The minimum atomic E-state index is -1.04. The van der Waals surface area contributed by atoms with Crippen LogP contribution >= 0.6 is 22.6 Å². The molecule has 2 rings (SSSR count). The molecule has 2 amide bonds. The molecule has 1 aromatic carbocycles. The molecule has 1 aliphatic rings. The van der Waals surface area contributed by atoms with Crippen LogP contribution in [0.4, 0.5) is 10.5 Å². The lowest BCUT2D eigenvalue weighted by Gasteiger charge is -2.31. The number of halogens is 1. The fourth-order valence-electron chi connectivity index (χ4n) is 2.64. The summed E-state index contributed by atoms with van der Waals surface area (Å²) in [6.07, 6.45) is 5.55. The summed E-state index contributed by atoms with van der Waals surface area (Å²) in [5, 5.41) is 11.9. The van der Waals surface area contributed by atoms with Gasteiger partial charge in [0, 0.05) is 16.7 Å². The number of nitrogens with one attached hydrogen (secondary N) is 1. The number of rotatable bonds is 3. The van der Waals surface area contributed by atoms with Crippen LogP contribution < -0.4 is 5.32 Å². The SMILES string of the molecule is CN(C(=O)Nc1ccc(I)cc1C(=O)O)C1CCCCC1. The highest BCUT2D eigenvalue weighted by atomic mass is 127. The van der Waals surface area contributed by atoms with Gasteiger partial charge in [-0.25, -0.2) is 9.59 Å². The van der Waals surface area contributed by atoms with E-state index in [1.165, 1.54) is 6.42 Å². The molecule has 1 aliphatic carbocycles. The van der Waals surface area contributed by atoms with Crippen molar-refractivity contribution in [3.63, 3.8) is 0 Å². The molecular weight excluding hydrogens is 383 g/mol. The number of amides is 2. The summed E-state index contributed by atoms with van der Waals surface area (Å²) in [7, 11) is 1.78. The van der Waals surface area contributed by atoms with Crippen molar-refractivity contribution in [2.45, 2.75) is 38.1 Å². The second-order valence-electron chi connectivity index (χ2n) is 5.33. The first-order valence-corrected chi connectivity index (χ1v) is 8.13. The lowest BCUT2D eigenvalue weighted by molar-refractivity contribution is 0.0698. The van der Waals surface area contributed by atoms with Crippen molar-refractivity contribution in [1.82, 2.24) is 4.90 Å². The van der Waals surface area contributed by atoms with E-state index < -0.39 is 5.97 Å². The number of benzene rings is 1. The summed E-state index contributed by atoms with van der Waals surface area (Å²) in [4.78, 5) is 25.2. The number of aromatic carboxylic acids is 1. The Morgan fingerprint density at radius 2 is 1.95 bits per heavy atom. The molecule has 114 valence electrons. The number of hydrogen-bond donors (Lipinski definition) is 2. The molecule has 2 N–H and O–H groups in total. The summed E-state index contributed by atoms with van der Waals surface area (Å²) in [5.74, 6) is -1.04. The van der Waals surface area contributed by atoms with Gasteiger partial charge < -0.3 is 15.3 Å². The second-order valence-corrected chi connectivity index (χ2v) is 6.57. The Labute approximate surface area is 137 Å². The van der Waals surface area contributed by atoms with Crippen LogP contribution in [0.1, 0.15) is 42.5 Å². The number of anilines is 1. The van der Waals surface area contributed by atoms with E-state index in [0.717, 1.165) is 29.3 Å². The summed E-state index contributed by atoms with van der Waals surface area (Å²) >= 11 is 2.05. The molecule has 0 heterocycles. The quantitative estimate of drug-likeness (QED) is 0.756. The highest BCUT2D eigenvalue weighted by Gasteiger charge is 2.23. The largest absolute Gasteiger partial charge is 0.478 e. The average molecular weight is 402 g/mol. The maximum absolute atomic E-state index is 12.3. The first kappa shape index (κ1) is 16.1. The summed E-state index contributed by atoms with van der Waals surface area (Å²) in [6, 6.07) is 4.97. The van der Waals surface area contributed by atoms with Crippen LogP contribution in [0.5, 0.6) is 0 Å². The van der Waals surface area contributed by atoms with Crippen molar-refractivity contribution in [1.29, 1.82) is 0 Å². The van der Waals surface area contributed by atoms with Crippen LogP contribution in [0.15, 0.2) is 18.2 Å². The number of carbonyl (C=O) groups is 2. The van der Waals surface area contributed by atoms with Gasteiger partial charge in [-0.3, -0.25) is 0 Å². The van der Waals surface area contributed by atoms with E-state index in [1.54, 1.807) is 30.1 Å². The Morgan fingerprint density at radius 3 is 2.57 bits per heavy atom. The Kier molecular flexibility index (Phi) is 5.44. The normalized spacial score (nSPS) is 15.5. The third kappa shape index (κ3) is 4.09. The van der Waals surface area contributed by atoms with Gasteiger partial charge in [0.15, 0.2) is 0 Å². The van der Waals surface area contributed by atoms with Gasteiger partial charge in [-0.15, -0.1) is 0 Å². The van der Waals surface area contributed by atoms with Gasteiger partial charge in [0.25, 0.3) is 0 Å². The topological polar surface area (TPSA) is 69.6 Å². The predicted octanol–water partition coefficient (Wildman–Crippen LogP) is 3.79. The number of carbonyl (C=O) groups excluding carboxylic acids is 1. The van der Waals surface area contributed by atoms with Crippen molar-refractivity contribution >= 4 is 40.3 Å². The lowest BCUT2D eigenvalue weighted by Crippen LogP contribution is -2.41. The highest BCUT2D eigenvalue weighted by molar-refractivity contribution is 14.1. The molecular formula is C15H19IN2O3. The van der Waals surface area contributed by atoms with Crippen molar-refractivity contribution in [3.8, 4) is 0 Å². The average Bonchev–Trinajstić information content (AvgIpc) is 2.49. The molecule has 1 saturated carbocycles. The van der Waals surface area contributed by atoms with Crippen LogP contribution in [-0.2, 0) is 0 Å². The van der Waals surface area contributed by atoms with Gasteiger partial charge in [-0.05, 0) is 53.6 Å². The smallest absolute Gasteiger partial charge is 0.337 e. The first-order chi connectivity index (χ1) is 9.99. The van der Waals surface area contributed by atoms with Gasteiger partial charge in [-0.2, -0.15) is 0 Å². The van der Waals surface area contributed by atoms with Gasteiger partial charge in [0.05, 0.1) is 11.3 Å². The van der Waals surface area contributed by atoms with E-state index >= 15 is 0 Å². The Hall–Kier alpha value is -1.31. The number of urea groups is 1. The van der Waals surface area contributed by atoms with E-state index in [1.807, 2.05) is 0 Å². The van der Waals surface area contributed by atoms with Gasteiger partial charge in [0.2, 0.25) is 0 Å². The third-order valence-corrected chi connectivity index (χ3v) is 4.57. The fourth-order valence-corrected chi connectivity index (χ4v) is 3.13. The zero-order valence-corrected chi connectivity index (χ0v) is 14.1. The fraction of sp³-hybridized carbons (Fsp3) is 0.467. The minimum Gasteiger partial charge on any atom is -0.478 e. The predicted molar refractivity (Wildman–Crippen MR) is 89.8 cm³/mol. The first-order valence-electron chi connectivity index (χ1n) is 7.05. The minimum absolute atomic E-state index is 0.118. The molecule has 0 radical (unpaired) electrons. The van der Waals surface area contributed by atoms with E-state index in [0.29, 0.717) is 5.69 Å². The van der Waals surface area contributed by atoms with Crippen molar-refractivity contribution in [2.75, 3.05) is 12.4 Å². The van der Waals surface area contributed by atoms with Gasteiger partial charge >= 0.3 is 12.0 Å². The zero-order chi connectivity index (χ0) is 15.4. The Balaban J connectivity index is 2.10. The Morgan fingerprint density at radius 1 is 1.29 bits per heavy atom. The van der Waals surface area contributed by atoms with Crippen molar-refractivity contribution in [3.05, 3.63) is 27.3 Å². The molecule has 1 fully saturated rings. The molecule has 0 bridgehead atoms. The molecule has 0 aliphatic heterocycles. The van der Waals surface area contributed by atoms with Crippen LogP contribution in [0.2, 0.25) is 0 Å². The molecule has 0 spiro atoms. The van der Waals surface area contributed by atoms with Crippen LogP contribution in [-0.4, -0.2) is 35.1 Å². The molecule has 0 aromatic heterocycles. The number of nitrogens with zero attached hydrogens (tertiary/aromatic N) is 1. The second kappa shape index (κ2) is 7.11. The number of carboxylic acid groups (broad SMARTS) is 1. The lowest BCUT2D eigenvalue weighted by atomic mass is 9.95. The molecule has 1 aromatic rings. The molecule has 0 saturated heterocycles. The van der Waals surface area contributed by atoms with Gasteiger partial charge in [0.1, 0.15) is 0 Å². The Bertz CT molecular complexity index is 542. The van der Waals surface area contributed by atoms with E-state index in [2.05, 4.69) is 27.9 Å². The van der Waals surface area contributed by atoms with Gasteiger partial charge in [-0.1, -0.05) is 19.3 Å². The van der Waals surface area contributed by atoms with Crippen molar-refractivity contribution < 1.29 is 14.7 Å². The zero-order valence-electron chi connectivity index (χ0n) is 11.9.